The van der Waals surface area contributed by atoms with Gasteiger partial charge in [-0.3, -0.25) is 0 Å². The van der Waals surface area contributed by atoms with Crippen LogP contribution in [0.5, 0.6) is 0 Å². The van der Waals surface area contributed by atoms with E-state index in [2.05, 4.69) is 22.8 Å². The number of aryl methyl sites for hydroxylation is 1. The van der Waals surface area contributed by atoms with Crippen molar-refractivity contribution in [1.29, 1.82) is 0 Å². The summed E-state index contributed by atoms with van der Waals surface area (Å²) in [5.74, 6) is -0.170. The number of carboxylic acid groups (broad SMARTS) is 1. The Balaban J connectivity index is 2.33. The highest BCUT2D eigenvalue weighted by Gasteiger charge is 2.17. The molecule has 5 nitrogen and oxygen atoms in total. The number of aromatic nitrogens is 2. The number of carboxylic acids is 1. The van der Waals surface area contributed by atoms with Gasteiger partial charge in [-0.1, -0.05) is 12.1 Å². The van der Waals surface area contributed by atoms with Gasteiger partial charge in [0.05, 0.1) is 5.56 Å². The van der Waals surface area contributed by atoms with Gasteiger partial charge in [0.2, 0.25) is 11.8 Å². The van der Waals surface area contributed by atoms with Gasteiger partial charge in [0, 0.05) is 6.92 Å². The van der Waals surface area contributed by atoms with E-state index in [1.165, 1.54) is 6.07 Å². The first-order chi connectivity index (χ1) is 8.08. The number of aromatic carboxylic acids is 1. The number of hydrogen-bond acceptors (Lipinski definition) is 5. The van der Waals surface area contributed by atoms with E-state index in [-0.39, 0.29) is 5.56 Å². The maximum atomic E-state index is 10.8. The first-order valence-electron chi connectivity index (χ1n) is 4.89. The maximum absolute atomic E-state index is 10.8. The van der Waals surface area contributed by atoms with Gasteiger partial charge in [-0.2, -0.15) is 12.6 Å². The third-order valence-electron chi connectivity index (χ3n) is 2.22. The number of nitrogens with zero attached hydrogens (tertiary/aromatic N) is 2. The molecular weight excluding hydrogens is 240 g/mol. The van der Waals surface area contributed by atoms with E-state index in [1.54, 1.807) is 25.1 Å². The topological polar surface area (TPSA) is 76.2 Å². The third kappa shape index (κ3) is 2.47. The molecule has 0 spiro atoms. The highest BCUT2D eigenvalue weighted by molar-refractivity contribution is 7.80. The second-order valence-corrected chi connectivity index (χ2v) is 4.01. The molecule has 0 radical (unpaired) electrons. The number of hydrogen-bond donors (Lipinski definition) is 2. The van der Waals surface area contributed by atoms with Gasteiger partial charge in [-0.25, -0.2) is 4.79 Å². The van der Waals surface area contributed by atoms with Crippen LogP contribution in [0.25, 0.3) is 0 Å². The second kappa shape index (κ2) is 4.58. The lowest BCUT2D eigenvalue weighted by Crippen LogP contribution is -1.99. The molecule has 0 aliphatic carbocycles. The molecule has 0 fully saturated rings. The zero-order chi connectivity index (χ0) is 12.4. The zero-order valence-electron chi connectivity index (χ0n) is 8.99. The minimum atomic E-state index is -0.978. The Labute approximate surface area is 103 Å². The van der Waals surface area contributed by atoms with Gasteiger partial charge in [0.1, 0.15) is 5.25 Å². The van der Waals surface area contributed by atoms with E-state index in [1.807, 2.05) is 0 Å². The van der Waals surface area contributed by atoms with Crippen molar-refractivity contribution in [3.63, 3.8) is 0 Å². The molecule has 1 unspecified atom stereocenters. The van der Waals surface area contributed by atoms with Crippen LogP contribution in [0.4, 0.5) is 0 Å². The number of carbonyl (C=O) groups is 1. The van der Waals surface area contributed by atoms with Crippen LogP contribution in [0.1, 0.15) is 33.0 Å². The quantitative estimate of drug-likeness (QED) is 0.816. The predicted octanol–water partition coefficient (Wildman–Crippen LogP) is 2.10. The van der Waals surface area contributed by atoms with Gasteiger partial charge in [-0.05, 0) is 17.7 Å². The van der Waals surface area contributed by atoms with Crippen molar-refractivity contribution in [3.05, 3.63) is 47.2 Å². The molecule has 6 heteroatoms. The molecule has 1 heterocycles. The minimum absolute atomic E-state index is 0.206. The fourth-order valence-electron chi connectivity index (χ4n) is 1.41. The van der Waals surface area contributed by atoms with Crippen LogP contribution in [0.3, 0.4) is 0 Å². The Kier molecular flexibility index (Phi) is 3.14. The van der Waals surface area contributed by atoms with Crippen molar-refractivity contribution in [2.75, 3.05) is 0 Å². The molecule has 1 atom stereocenters. The Morgan fingerprint density at radius 3 is 2.82 bits per heavy atom. The molecule has 1 aromatic heterocycles. The van der Waals surface area contributed by atoms with E-state index in [0.717, 1.165) is 0 Å². The second-order valence-electron chi connectivity index (χ2n) is 3.49. The largest absolute Gasteiger partial charge is 0.478 e. The number of benzene rings is 1. The van der Waals surface area contributed by atoms with Crippen LogP contribution in [0.2, 0.25) is 0 Å². The van der Waals surface area contributed by atoms with Crippen LogP contribution in [0.15, 0.2) is 28.7 Å². The van der Waals surface area contributed by atoms with Crippen LogP contribution < -0.4 is 0 Å². The van der Waals surface area contributed by atoms with Crippen LogP contribution in [0, 0.1) is 6.92 Å². The summed E-state index contributed by atoms with van der Waals surface area (Å²) in [4.78, 5) is 10.8. The summed E-state index contributed by atoms with van der Waals surface area (Å²) in [7, 11) is 0. The maximum Gasteiger partial charge on any atom is 0.335 e. The summed E-state index contributed by atoms with van der Waals surface area (Å²) in [6.45, 7) is 1.69. The molecule has 17 heavy (non-hydrogen) atoms. The van der Waals surface area contributed by atoms with E-state index >= 15 is 0 Å². The Morgan fingerprint density at radius 2 is 2.24 bits per heavy atom. The Morgan fingerprint density at radius 1 is 1.47 bits per heavy atom. The molecule has 0 aliphatic heterocycles. The summed E-state index contributed by atoms with van der Waals surface area (Å²) in [6, 6.07) is 6.49. The van der Waals surface area contributed by atoms with Crippen molar-refractivity contribution >= 4 is 18.6 Å². The fraction of sp³-hybridized carbons (Fsp3) is 0.182. The normalized spacial score (nSPS) is 12.4. The third-order valence-corrected chi connectivity index (χ3v) is 2.74. The standard InChI is InChI=1S/C11H10N2O3S/c1-6-12-13-10(16-6)9(17)7-3-2-4-8(5-7)11(14)15/h2-5,9,17H,1H3,(H,14,15). The van der Waals surface area contributed by atoms with Gasteiger partial charge in [-0.15, -0.1) is 10.2 Å². The van der Waals surface area contributed by atoms with E-state index < -0.39 is 11.2 Å². The monoisotopic (exact) mass is 250 g/mol. The van der Waals surface area contributed by atoms with Crippen molar-refractivity contribution < 1.29 is 14.3 Å². The SMILES string of the molecule is Cc1nnc(C(S)c2cccc(C(=O)O)c2)o1. The number of thiol groups is 1. The lowest BCUT2D eigenvalue weighted by molar-refractivity contribution is 0.0696. The fourth-order valence-corrected chi connectivity index (χ4v) is 1.67. The van der Waals surface area contributed by atoms with Gasteiger partial charge >= 0.3 is 5.97 Å². The highest BCUT2D eigenvalue weighted by Crippen LogP contribution is 2.27. The van der Waals surface area contributed by atoms with Crippen molar-refractivity contribution in [3.8, 4) is 0 Å². The summed E-state index contributed by atoms with van der Waals surface area (Å²) in [5, 5.41) is 16.0. The smallest absolute Gasteiger partial charge is 0.335 e. The molecule has 0 saturated carbocycles. The zero-order valence-corrected chi connectivity index (χ0v) is 9.89. The average molecular weight is 250 g/mol. The predicted molar refractivity (Wildman–Crippen MR) is 63.3 cm³/mol. The molecule has 2 aromatic rings. The molecule has 2 rings (SSSR count). The van der Waals surface area contributed by atoms with Crippen LogP contribution >= 0.6 is 12.6 Å². The Bertz CT molecular complexity index is 553. The van der Waals surface area contributed by atoms with Crippen molar-refractivity contribution in [2.45, 2.75) is 12.2 Å². The first kappa shape index (κ1) is 11.7. The van der Waals surface area contributed by atoms with Crippen LogP contribution in [-0.2, 0) is 0 Å². The van der Waals surface area contributed by atoms with Gasteiger partial charge < -0.3 is 9.52 Å². The Hall–Kier alpha value is -1.82. The minimum Gasteiger partial charge on any atom is -0.478 e. The lowest BCUT2D eigenvalue weighted by atomic mass is 10.1. The highest BCUT2D eigenvalue weighted by atomic mass is 32.1. The molecule has 0 bridgehead atoms. The molecule has 1 N–H and O–H groups in total. The van der Waals surface area contributed by atoms with Crippen molar-refractivity contribution in [2.24, 2.45) is 0 Å². The van der Waals surface area contributed by atoms with E-state index in [4.69, 9.17) is 9.52 Å². The lowest BCUT2D eigenvalue weighted by Gasteiger charge is -2.06. The summed E-state index contributed by atoms with van der Waals surface area (Å²) >= 11 is 4.35. The molecular formula is C11H10N2O3S. The van der Waals surface area contributed by atoms with Gasteiger partial charge in [0.25, 0.3) is 0 Å². The summed E-state index contributed by atoms with van der Waals surface area (Å²) in [5.41, 5.74) is 0.912. The van der Waals surface area contributed by atoms with Crippen LogP contribution in [-0.4, -0.2) is 21.3 Å². The summed E-state index contributed by atoms with van der Waals surface area (Å²) in [6.07, 6.45) is 0. The molecule has 0 amide bonds. The number of rotatable bonds is 3. The molecule has 0 aliphatic rings. The molecule has 1 aromatic carbocycles. The van der Waals surface area contributed by atoms with Gasteiger partial charge in [0.15, 0.2) is 0 Å². The molecule has 0 saturated heterocycles. The first-order valence-corrected chi connectivity index (χ1v) is 5.41. The van der Waals surface area contributed by atoms with E-state index in [0.29, 0.717) is 17.3 Å². The van der Waals surface area contributed by atoms with Crippen molar-refractivity contribution in [1.82, 2.24) is 10.2 Å². The average Bonchev–Trinajstić information content (AvgIpc) is 2.75. The molecule has 88 valence electrons. The summed E-state index contributed by atoms with van der Waals surface area (Å²) < 4.78 is 5.25. The van der Waals surface area contributed by atoms with E-state index in [9.17, 15) is 4.79 Å².